The van der Waals surface area contributed by atoms with Gasteiger partial charge in [0.25, 0.3) is 0 Å². The Kier molecular flexibility index (Phi) is 3.57. The van der Waals surface area contributed by atoms with Gasteiger partial charge in [-0.15, -0.1) is 0 Å². The van der Waals surface area contributed by atoms with Crippen molar-refractivity contribution in [2.75, 3.05) is 6.61 Å². The maximum atomic E-state index is 9.35. The topological polar surface area (TPSA) is 25.2 Å². The summed E-state index contributed by atoms with van der Waals surface area (Å²) in [5.74, 6) is 0.244. The number of hydrogen-bond acceptors (Lipinski definition) is 1. The number of aliphatic hydroxyl groups excluding tert-OH is 1. The molecule has 1 unspecified atom stereocenters. The molecule has 1 N–H and O–H groups in total. The lowest BCUT2D eigenvalue weighted by atomic mass is 10.1. The van der Waals surface area contributed by atoms with E-state index in [2.05, 4.69) is 66.1 Å². The predicted octanol–water partition coefficient (Wildman–Crippen LogP) is 3.94. The van der Waals surface area contributed by atoms with E-state index in [0.29, 0.717) is 0 Å². The molecule has 0 spiro atoms. The van der Waals surface area contributed by atoms with Gasteiger partial charge >= 0.3 is 0 Å². The van der Waals surface area contributed by atoms with Crippen molar-refractivity contribution < 1.29 is 5.11 Å². The van der Waals surface area contributed by atoms with Crippen LogP contribution in [0.2, 0.25) is 0 Å². The van der Waals surface area contributed by atoms with Gasteiger partial charge in [0.05, 0.1) is 0 Å². The van der Waals surface area contributed by atoms with Crippen molar-refractivity contribution in [1.82, 2.24) is 4.57 Å². The van der Waals surface area contributed by atoms with Gasteiger partial charge < -0.3 is 9.67 Å². The molecule has 102 valence electrons. The lowest BCUT2D eigenvalue weighted by Crippen LogP contribution is -2.11. The van der Waals surface area contributed by atoms with E-state index in [9.17, 15) is 5.11 Å². The number of benzene rings is 2. The largest absolute Gasteiger partial charge is 0.396 e. The van der Waals surface area contributed by atoms with Crippen molar-refractivity contribution in [3.05, 3.63) is 60.7 Å². The summed E-state index contributed by atoms with van der Waals surface area (Å²) in [6.07, 6.45) is 0. The van der Waals surface area contributed by atoms with Crippen LogP contribution in [0, 0.1) is 5.92 Å². The first kappa shape index (κ1) is 12.9. The molecule has 0 saturated carbocycles. The number of aromatic nitrogens is 1. The molecule has 2 aromatic carbocycles. The molecule has 1 aromatic heterocycles. The summed E-state index contributed by atoms with van der Waals surface area (Å²) in [6, 6.07) is 21.1. The van der Waals surface area contributed by atoms with E-state index in [1.165, 1.54) is 22.2 Å². The molecule has 0 aliphatic heterocycles. The lowest BCUT2D eigenvalue weighted by Gasteiger charge is -2.14. The van der Waals surface area contributed by atoms with Gasteiger partial charge in [-0.05, 0) is 23.6 Å². The Morgan fingerprint density at radius 1 is 1.00 bits per heavy atom. The van der Waals surface area contributed by atoms with Gasteiger partial charge in [0.1, 0.15) is 0 Å². The molecule has 1 heterocycles. The second kappa shape index (κ2) is 5.51. The molecule has 0 amide bonds. The Morgan fingerprint density at radius 3 is 2.45 bits per heavy atom. The minimum Gasteiger partial charge on any atom is -0.396 e. The maximum Gasteiger partial charge on any atom is 0.0491 e. The molecular weight excluding hydrogens is 246 g/mol. The van der Waals surface area contributed by atoms with Gasteiger partial charge in [0.15, 0.2) is 0 Å². The monoisotopic (exact) mass is 265 g/mol. The molecule has 3 aromatic rings. The molecular formula is C18H19NO. The third kappa shape index (κ3) is 2.35. The third-order valence-electron chi connectivity index (χ3n) is 3.69. The fourth-order valence-electron chi connectivity index (χ4n) is 2.62. The average molecular weight is 265 g/mol. The summed E-state index contributed by atoms with van der Waals surface area (Å²) in [5.41, 5.74) is 3.66. The fourth-order valence-corrected chi connectivity index (χ4v) is 2.62. The number of rotatable bonds is 4. The van der Waals surface area contributed by atoms with Crippen LogP contribution >= 0.6 is 0 Å². The van der Waals surface area contributed by atoms with Gasteiger partial charge in [0, 0.05) is 29.7 Å². The number of nitrogens with zero attached hydrogens (tertiary/aromatic N) is 1. The van der Waals surface area contributed by atoms with Crippen molar-refractivity contribution >= 4 is 10.9 Å². The van der Waals surface area contributed by atoms with Crippen LogP contribution in [0.25, 0.3) is 22.2 Å². The molecule has 3 rings (SSSR count). The summed E-state index contributed by atoms with van der Waals surface area (Å²) in [5, 5.41) is 10.6. The second-order valence-corrected chi connectivity index (χ2v) is 5.35. The standard InChI is InChI=1S/C18H19NO/c1-14(13-20)12-19-17-10-6-5-9-16(17)11-18(19)15-7-3-2-4-8-15/h2-11,14,20H,12-13H2,1H3. The summed E-state index contributed by atoms with van der Waals surface area (Å²) in [6.45, 7) is 3.11. The van der Waals surface area contributed by atoms with Crippen LogP contribution in [-0.2, 0) is 6.54 Å². The minimum absolute atomic E-state index is 0.209. The quantitative estimate of drug-likeness (QED) is 0.759. The molecule has 0 saturated heterocycles. The average Bonchev–Trinajstić information content (AvgIpc) is 2.87. The normalized spacial score (nSPS) is 12.7. The number of fused-ring (bicyclic) bond motifs is 1. The Morgan fingerprint density at radius 2 is 1.70 bits per heavy atom. The Balaban J connectivity index is 2.17. The first-order chi connectivity index (χ1) is 9.79. The zero-order valence-electron chi connectivity index (χ0n) is 11.7. The van der Waals surface area contributed by atoms with Crippen LogP contribution in [-0.4, -0.2) is 16.3 Å². The van der Waals surface area contributed by atoms with Crippen molar-refractivity contribution in [3.63, 3.8) is 0 Å². The van der Waals surface area contributed by atoms with E-state index in [0.717, 1.165) is 6.54 Å². The summed E-state index contributed by atoms with van der Waals surface area (Å²) in [4.78, 5) is 0. The summed E-state index contributed by atoms with van der Waals surface area (Å²) in [7, 11) is 0. The molecule has 2 nitrogen and oxygen atoms in total. The third-order valence-corrected chi connectivity index (χ3v) is 3.69. The Bertz CT molecular complexity index is 700. The van der Waals surface area contributed by atoms with E-state index >= 15 is 0 Å². The first-order valence-electron chi connectivity index (χ1n) is 7.04. The van der Waals surface area contributed by atoms with Crippen molar-refractivity contribution in [1.29, 1.82) is 0 Å². The van der Waals surface area contributed by atoms with E-state index in [4.69, 9.17) is 0 Å². The van der Waals surface area contributed by atoms with Gasteiger partial charge in [0.2, 0.25) is 0 Å². The van der Waals surface area contributed by atoms with Gasteiger partial charge in [-0.25, -0.2) is 0 Å². The van der Waals surface area contributed by atoms with Crippen molar-refractivity contribution in [2.45, 2.75) is 13.5 Å². The highest BCUT2D eigenvalue weighted by molar-refractivity contribution is 5.87. The Hall–Kier alpha value is -2.06. The van der Waals surface area contributed by atoms with E-state index in [-0.39, 0.29) is 12.5 Å². The van der Waals surface area contributed by atoms with Crippen LogP contribution in [0.3, 0.4) is 0 Å². The molecule has 0 aliphatic carbocycles. The van der Waals surface area contributed by atoms with E-state index in [1.807, 2.05) is 6.07 Å². The van der Waals surface area contributed by atoms with E-state index in [1.54, 1.807) is 0 Å². The van der Waals surface area contributed by atoms with Crippen LogP contribution in [0.4, 0.5) is 0 Å². The first-order valence-corrected chi connectivity index (χ1v) is 7.04. The number of aliphatic hydroxyl groups is 1. The molecule has 0 fully saturated rings. The molecule has 0 radical (unpaired) electrons. The van der Waals surface area contributed by atoms with Crippen molar-refractivity contribution in [2.24, 2.45) is 5.92 Å². The van der Waals surface area contributed by atoms with Gasteiger partial charge in [-0.1, -0.05) is 55.5 Å². The minimum atomic E-state index is 0.209. The highest BCUT2D eigenvalue weighted by Crippen LogP contribution is 2.28. The summed E-state index contributed by atoms with van der Waals surface area (Å²) >= 11 is 0. The molecule has 1 atom stereocenters. The van der Waals surface area contributed by atoms with Crippen LogP contribution < -0.4 is 0 Å². The zero-order valence-corrected chi connectivity index (χ0v) is 11.7. The number of para-hydroxylation sites is 1. The van der Waals surface area contributed by atoms with Crippen LogP contribution in [0.5, 0.6) is 0 Å². The molecule has 0 bridgehead atoms. The van der Waals surface area contributed by atoms with Crippen molar-refractivity contribution in [3.8, 4) is 11.3 Å². The molecule has 20 heavy (non-hydrogen) atoms. The highest BCUT2D eigenvalue weighted by Gasteiger charge is 2.12. The summed E-state index contributed by atoms with van der Waals surface area (Å²) < 4.78 is 2.31. The van der Waals surface area contributed by atoms with Crippen LogP contribution in [0.1, 0.15) is 6.92 Å². The zero-order chi connectivity index (χ0) is 13.9. The number of hydrogen-bond donors (Lipinski definition) is 1. The highest BCUT2D eigenvalue weighted by atomic mass is 16.3. The molecule has 2 heteroatoms. The molecule has 0 aliphatic rings. The maximum absolute atomic E-state index is 9.35. The van der Waals surface area contributed by atoms with E-state index < -0.39 is 0 Å². The second-order valence-electron chi connectivity index (χ2n) is 5.35. The van der Waals surface area contributed by atoms with Crippen LogP contribution in [0.15, 0.2) is 60.7 Å². The lowest BCUT2D eigenvalue weighted by molar-refractivity contribution is 0.224. The Labute approximate surface area is 119 Å². The fraction of sp³-hybridized carbons (Fsp3) is 0.222. The smallest absolute Gasteiger partial charge is 0.0491 e. The predicted molar refractivity (Wildman–Crippen MR) is 83.6 cm³/mol. The van der Waals surface area contributed by atoms with Gasteiger partial charge in [-0.2, -0.15) is 0 Å². The van der Waals surface area contributed by atoms with Gasteiger partial charge in [-0.3, -0.25) is 0 Å². The SMILES string of the molecule is CC(CO)Cn1c(-c2ccccc2)cc2ccccc21.